The fourth-order valence-electron chi connectivity index (χ4n) is 2.83. The van der Waals surface area contributed by atoms with Crippen LogP contribution in [0.5, 0.6) is 0 Å². The van der Waals surface area contributed by atoms with Crippen molar-refractivity contribution >= 4 is 11.9 Å². The molecule has 0 atom stereocenters. The van der Waals surface area contributed by atoms with E-state index in [-0.39, 0.29) is 11.6 Å². The fraction of sp³-hybridized carbons (Fsp3) is 0.263. The van der Waals surface area contributed by atoms with E-state index in [0.29, 0.717) is 17.7 Å². The summed E-state index contributed by atoms with van der Waals surface area (Å²) in [7, 11) is 3.04. The van der Waals surface area contributed by atoms with Crippen LogP contribution in [0.3, 0.4) is 0 Å². The molecule has 0 fully saturated rings. The molecule has 1 aromatic carbocycles. The van der Waals surface area contributed by atoms with Crippen LogP contribution in [-0.2, 0) is 24.9 Å². The molecule has 0 aliphatic heterocycles. The van der Waals surface area contributed by atoms with Crippen LogP contribution in [0.2, 0.25) is 0 Å². The number of esters is 1. The Morgan fingerprint density at radius 1 is 1.30 bits per heavy atom. The third-order valence-electron chi connectivity index (χ3n) is 4.21. The predicted molar refractivity (Wildman–Crippen MR) is 99.1 cm³/mol. The second-order valence-corrected chi connectivity index (χ2v) is 5.99. The van der Waals surface area contributed by atoms with Crippen molar-refractivity contribution in [2.24, 2.45) is 7.05 Å². The van der Waals surface area contributed by atoms with Crippen LogP contribution in [0.4, 0.5) is 0 Å². The molecule has 3 aromatic rings. The first-order valence-electron chi connectivity index (χ1n) is 8.53. The van der Waals surface area contributed by atoms with Crippen molar-refractivity contribution in [1.29, 1.82) is 0 Å². The summed E-state index contributed by atoms with van der Waals surface area (Å²) in [5.74, 6) is -0.725. The Morgan fingerprint density at radius 2 is 2.11 bits per heavy atom. The average molecular weight is 367 g/mol. The van der Waals surface area contributed by atoms with Gasteiger partial charge in [-0.1, -0.05) is 12.1 Å². The van der Waals surface area contributed by atoms with Gasteiger partial charge in [-0.05, 0) is 24.6 Å². The molecule has 1 N–H and O–H groups in total. The van der Waals surface area contributed by atoms with Crippen molar-refractivity contribution in [2.75, 3.05) is 7.11 Å². The van der Waals surface area contributed by atoms with Gasteiger partial charge in [0, 0.05) is 37.1 Å². The maximum absolute atomic E-state index is 12.5. The van der Waals surface area contributed by atoms with Crippen LogP contribution in [0.15, 0.2) is 43.0 Å². The van der Waals surface area contributed by atoms with Crippen molar-refractivity contribution in [3.05, 3.63) is 59.9 Å². The molecule has 2 aromatic heterocycles. The zero-order chi connectivity index (χ0) is 19.4. The summed E-state index contributed by atoms with van der Waals surface area (Å²) >= 11 is 0. The van der Waals surface area contributed by atoms with Gasteiger partial charge >= 0.3 is 5.97 Å². The van der Waals surface area contributed by atoms with Crippen molar-refractivity contribution in [3.8, 4) is 11.1 Å². The Bertz CT molecular complexity index is 973. The molecule has 8 nitrogen and oxygen atoms in total. The number of hydrogen-bond donors (Lipinski definition) is 1. The average Bonchev–Trinajstić information content (AvgIpc) is 3.31. The number of carbonyl (C=O) groups is 2. The van der Waals surface area contributed by atoms with E-state index in [0.717, 1.165) is 17.8 Å². The van der Waals surface area contributed by atoms with Gasteiger partial charge in [0.1, 0.15) is 0 Å². The van der Waals surface area contributed by atoms with E-state index >= 15 is 0 Å². The number of rotatable bonds is 6. The van der Waals surface area contributed by atoms with E-state index in [2.05, 4.69) is 15.4 Å². The van der Waals surface area contributed by atoms with Gasteiger partial charge in [-0.2, -0.15) is 5.10 Å². The molecule has 0 saturated heterocycles. The predicted octanol–water partition coefficient (Wildman–Crippen LogP) is 2.02. The molecule has 8 heteroatoms. The van der Waals surface area contributed by atoms with Crippen LogP contribution < -0.4 is 5.32 Å². The van der Waals surface area contributed by atoms with Crippen LogP contribution >= 0.6 is 0 Å². The van der Waals surface area contributed by atoms with E-state index in [1.165, 1.54) is 7.11 Å². The number of amides is 1. The smallest absolute Gasteiger partial charge is 0.359 e. The Morgan fingerprint density at radius 3 is 2.85 bits per heavy atom. The van der Waals surface area contributed by atoms with Crippen molar-refractivity contribution < 1.29 is 14.3 Å². The minimum atomic E-state index is -0.520. The van der Waals surface area contributed by atoms with Crippen molar-refractivity contribution in [3.63, 3.8) is 0 Å². The fourth-order valence-corrected chi connectivity index (χ4v) is 2.83. The monoisotopic (exact) mass is 367 g/mol. The highest BCUT2D eigenvalue weighted by Gasteiger charge is 2.19. The second-order valence-electron chi connectivity index (χ2n) is 5.99. The Kier molecular flexibility index (Phi) is 5.35. The Labute approximate surface area is 156 Å². The Hall–Kier alpha value is -3.42. The summed E-state index contributed by atoms with van der Waals surface area (Å²) in [6, 6.07) is 7.06. The standard InChI is InChI=1S/C19H21N5O3/c1-4-24-12-20-9-15(24)10-21-18(25)14-7-5-6-13(8-14)16-11-23(2)22-17(16)19(26)27-3/h5-9,11-12H,4,10H2,1-3H3,(H,21,25). The number of methoxy groups -OCH3 is 1. The summed E-state index contributed by atoms with van der Waals surface area (Å²) in [6.07, 6.45) is 5.19. The lowest BCUT2D eigenvalue weighted by molar-refractivity contribution is 0.0594. The van der Waals surface area contributed by atoms with Gasteiger partial charge in [0.05, 0.1) is 25.7 Å². The largest absolute Gasteiger partial charge is 0.464 e. The van der Waals surface area contributed by atoms with Crippen molar-refractivity contribution in [2.45, 2.75) is 20.0 Å². The molecule has 3 rings (SSSR count). The topological polar surface area (TPSA) is 91.0 Å². The molecule has 0 aliphatic rings. The molecule has 140 valence electrons. The zero-order valence-corrected chi connectivity index (χ0v) is 15.5. The maximum Gasteiger partial charge on any atom is 0.359 e. The molecule has 1 amide bonds. The van der Waals surface area contributed by atoms with Crippen LogP contribution in [0.1, 0.15) is 33.5 Å². The van der Waals surface area contributed by atoms with Gasteiger partial charge in [0.25, 0.3) is 5.91 Å². The lowest BCUT2D eigenvalue weighted by Gasteiger charge is -2.08. The van der Waals surface area contributed by atoms with E-state index in [9.17, 15) is 9.59 Å². The van der Waals surface area contributed by atoms with Gasteiger partial charge in [0.15, 0.2) is 5.69 Å². The number of aromatic nitrogens is 4. The van der Waals surface area contributed by atoms with Gasteiger partial charge in [0.2, 0.25) is 0 Å². The number of nitrogens with one attached hydrogen (secondary N) is 1. The normalized spacial score (nSPS) is 10.6. The molecule has 2 heterocycles. The Balaban J connectivity index is 1.81. The second kappa shape index (κ2) is 7.86. The highest BCUT2D eigenvalue weighted by Crippen LogP contribution is 2.24. The highest BCUT2D eigenvalue weighted by atomic mass is 16.5. The molecule has 0 spiro atoms. The third-order valence-corrected chi connectivity index (χ3v) is 4.21. The molecule has 27 heavy (non-hydrogen) atoms. The summed E-state index contributed by atoms with van der Waals surface area (Å²) < 4.78 is 8.30. The van der Waals surface area contributed by atoms with Gasteiger partial charge in [-0.15, -0.1) is 0 Å². The first-order chi connectivity index (χ1) is 13.0. The number of aryl methyl sites for hydroxylation is 2. The molecule has 0 unspecified atom stereocenters. The summed E-state index contributed by atoms with van der Waals surface area (Å²) in [5, 5.41) is 7.05. The van der Waals surface area contributed by atoms with Gasteiger partial charge < -0.3 is 14.6 Å². The molecular weight excluding hydrogens is 346 g/mol. The van der Waals surface area contributed by atoms with E-state index in [4.69, 9.17) is 4.74 Å². The highest BCUT2D eigenvalue weighted by molar-refractivity contribution is 5.98. The SMILES string of the molecule is CCn1cncc1CNC(=O)c1cccc(-c2cn(C)nc2C(=O)OC)c1. The number of benzene rings is 1. The van der Waals surface area contributed by atoms with Crippen LogP contribution in [-0.4, -0.2) is 38.3 Å². The third kappa shape index (κ3) is 3.89. The number of hydrogen-bond acceptors (Lipinski definition) is 5. The number of nitrogens with zero attached hydrogens (tertiary/aromatic N) is 4. The maximum atomic E-state index is 12.5. The van der Waals surface area contributed by atoms with Crippen LogP contribution in [0, 0.1) is 0 Å². The molecular formula is C19H21N5O3. The zero-order valence-electron chi connectivity index (χ0n) is 15.5. The minimum Gasteiger partial charge on any atom is -0.464 e. The van der Waals surface area contributed by atoms with E-state index < -0.39 is 5.97 Å². The number of ether oxygens (including phenoxy) is 1. The molecule has 0 radical (unpaired) electrons. The quantitative estimate of drug-likeness (QED) is 0.673. The lowest BCUT2D eigenvalue weighted by Crippen LogP contribution is -2.24. The lowest BCUT2D eigenvalue weighted by atomic mass is 10.0. The van der Waals surface area contributed by atoms with E-state index in [1.807, 2.05) is 17.6 Å². The summed E-state index contributed by atoms with van der Waals surface area (Å²) in [6.45, 7) is 3.19. The number of imidazole rings is 1. The minimum absolute atomic E-state index is 0.204. The first-order valence-corrected chi connectivity index (χ1v) is 8.53. The molecule has 0 saturated carbocycles. The van der Waals surface area contributed by atoms with Gasteiger partial charge in [-0.3, -0.25) is 9.48 Å². The molecule has 0 bridgehead atoms. The molecule has 0 aliphatic carbocycles. The number of carbonyl (C=O) groups excluding carboxylic acids is 2. The summed E-state index contributed by atoms with van der Waals surface area (Å²) in [4.78, 5) is 28.6. The van der Waals surface area contributed by atoms with E-state index in [1.54, 1.807) is 48.6 Å². The van der Waals surface area contributed by atoms with Gasteiger partial charge in [-0.25, -0.2) is 9.78 Å². The van der Waals surface area contributed by atoms with Crippen LogP contribution in [0.25, 0.3) is 11.1 Å². The summed E-state index contributed by atoms with van der Waals surface area (Å²) in [5.41, 5.74) is 2.97. The first kappa shape index (κ1) is 18.4. The van der Waals surface area contributed by atoms with Crippen molar-refractivity contribution in [1.82, 2.24) is 24.6 Å².